The summed E-state index contributed by atoms with van der Waals surface area (Å²) in [6.45, 7) is 10.8. The summed E-state index contributed by atoms with van der Waals surface area (Å²) in [5.41, 5.74) is 3.74. The molecule has 5 aromatic carbocycles. The number of piperidine rings is 3. The van der Waals surface area contributed by atoms with E-state index in [1.807, 2.05) is 12.3 Å². The Kier molecular flexibility index (Phi) is 13.7. The van der Waals surface area contributed by atoms with Crippen LogP contribution in [0.15, 0.2) is 97.7 Å². The van der Waals surface area contributed by atoms with Crippen molar-refractivity contribution in [1.82, 2.24) is 4.98 Å². The van der Waals surface area contributed by atoms with Crippen molar-refractivity contribution >= 4 is 43.2 Å². The van der Waals surface area contributed by atoms with Gasteiger partial charge in [-0.2, -0.15) is 0 Å². The SMILES string of the molecule is C=CC1C[N+]2(Cc3ccc4ccc5cccc6ccc3c4c56)CCC1CC2[C@H](OCCCCCCCCCCCCCC)c1ccnc2ccc(OC)cc12.[Br-]. The first-order valence-electron chi connectivity index (χ1n) is 21.8. The molecule has 3 aliphatic heterocycles. The molecule has 6 aromatic rings. The summed E-state index contributed by atoms with van der Waals surface area (Å²) in [5.74, 6) is 2.04. The maximum absolute atomic E-state index is 7.30. The van der Waals surface area contributed by atoms with E-state index in [-0.39, 0.29) is 23.1 Å². The molecule has 5 heteroatoms. The monoisotopic (exact) mass is 814 g/mol. The molecule has 296 valence electrons. The Morgan fingerprint density at radius 2 is 1.46 bits per heavy atom. The smallest absolute Gasteiger partial charge is 0.135 e. The van der Waals surface area contributed by atoms with Crippen LogP contribution in [-0.4, -0.2) is 42.3 Å². The number of quaternary nitrogens is 1. The van der Waals surface area contributed by atoms with Gasteiger partial charge in [-0.15, -0.1) is 6.58 Å². The van der Waals surface area contributed by atoms with Gasteiger partial charge in [0.15, 0.2) is 0 Å². The fourth-order valence-corrected chi connectivity index (χ4v) is 10.7. The predicted molar refractivity (Wildman–Crippen MR) is 232 cm³/mol. The van der Waals surface area contributed by atoms with Crippen LogP contribution >= 0.6 is 0 Å². The number of rotatable bonds is 20. The molecule has 0 spiro atoms. The average Bonchev–Trinajstić information content (AvgIpc) is 3.23. The predicted octanol–water partition coefficient (Wildman–Crippen LogP) is 10.5. The van der Waals surface area contributed by atoms with Crippen LogP contribution in [0.3, 0.4) is 0 Å². The van der Waals surface area contributed by atoms with Crippen LogP contribution in [0, 0.1) is 11.8 Å². The Morgan fingerprint density at radius 1 is 0.786 bits per heavy atom. The van der Waals surface area contributed by atoms with E-state index in [1.165, 1.54) is 127 Å². The van der Waals surface area contributed by atoms with Crippen molar-refractivity contribution in [3.63, 3.8) is 0 Å². The van der Waals surface area contributed by atoms with E-state index < -0.39 is 0 Å². The second kappa shape index (κ2) is 18.8. The number of aromatic nitrogens is 1. The van der Waals surface area contributed by atoms with Gasteiger partial charge in [0.2, 0.25) is 0 Å². The normalized spacial score (nSPS) is 21.2. The molecule has 56 heavy (non-hydrogen) atoms. The van der Waals surface area contributed by atoms with Gasteiger partial charge in [0.1, 0.15) is 24.4 Å². The van der Waals surface area contributed by atoms with Crippen LogP contribution in [0.25, 0.3) is 43.2 Å². The van der Waals surface area contributed by atoms with Gasteiger partial charge < -0.3 is 30.9 Å². The Bertz CT molecular complexity index is 2180. The number of hydrogen-bond acceptors (Lipinski definition) is 3. The van der Waals surface area contributed by atoms with Crippen LogP contribution < -0.4 is 21.7 Å². The highest BCUT2D eigenvalue weighted by atomic mass is 79.9. The molecule has 2 bridgehead atoms. The first kappa shape index (κ1) is 40.7. The molecular formula is C51H63BrN2O2. The number of nitrogens with zero attached hydrogens (tertiary/aromatic N) is 2. The third-order valence-electron chi connectivity index (χ3n) is 13.7. The Labute approximate surface area is 346 Å². The number of unbranched alkanes of at least 4 members (excludes halogenated alkanes) is 11. The summed E-state index contributed by atoms with van der Waals surface area (Å²) >= 11 is 0. The Hall–Kier alpha value is -3.51. The number of pyridine rings is 1. The van der Waals surface area contributed by atoms with Crippen LogP contribution in [0.5, 0.6) is 5.75 Å². The summed E-state index contributed by atoms with van der Waals surface area (Å²) in [7, 11) is 1.76. The number of fused-ring (bicyclic) bond motifs is 4. The molecule has 9 rings (SSSR count). The molecule has 4 heterocycles. The summed E-state index contributed by atoms with van der Waals surface area (Å²) in [5, 5.41) is 9.37. The highest BCUT2D eigenvalue weighted by Gasteiger charge is 2.54. The zero-order valence-electron chi connectivity index (χ0n) is 34.0. The zero-order chi connectivity index (χ0) is 37.6. The van der Waals surface area contributed by atoms with E-state index >= 15 is 0 Å². The van der Waals surface area contributed by atoms with Crippen LogP contribution in [0.4, 0.5) is 0 Å². The van der Waals surface area contributed by atoms with E-state index in [1.54, 1.807) is 7.11 Å². The number of methoxy groups -OCH3 is 1. The molecule has 1 aromatic heterocycles. The van der Waals surface area contributed by atoms with Gasteiger partial charge >= 0.3 is 0 Å². The second-order valence-corrected chi connectivity index (χ2v) is 17.1. The fraction of sp³-hybridized carbons (Fsp3) is 0.471. The zero-order valence-corrected chi connectivity index (χ0v) is 35.6. The molecule has 3 fully saturated rings. The number of halogens is 1. The third-order valence-corrected chi connectivity index (χ3v) is 13.7. The lowest BCUT2D eigenvalue weighted by molar-refractivity contribution is -0.984. The number of hydrogen-bond donors (Lipinski definition) is 0. The van der Waals surface area contributed by atoms with Gasteiger partial charge in [-0.3, -0.25) is 4.98 Å². The number of ether oxygens (including phenoxy) is 2. The largest absolute Gasteiger partial charge is 1.00 e. The lowest BCUT2D eigenvalue weighted by Crippen LogP contribution is -3.00. The quantitative estimate of drug-likeness (QED) is 0.0333. The van der Waals surface area contributed by atoms with Crippen LogP contribution in [-0.2, 0) is 11.3 Å². The molecule has 3 aliphatic rings. The Balaban J connectivity index is 0.00000480. The van der Waals surface area contributed by atoms with Crippen molar-refractivity contribution in [1.29, 1.82) is 0 Å². The molecule has 0 saturated carbocycles. The van der Waals surface area contributed by atoms with E-state index in [0.29, 0.717) is 17.9 Å². The maximum atomic E-state index is 7.30. The average molecular weight is 816 g/mol. The van der Waals surface area contributed by atoms with Crippen molar-refractivity contribution < 1.29 is 30.9 Å². The summed E-state index contributed by atoms with van der Waals surface area (Å²) in [4.78, 5) is 4.82. The maximum Gasteiger partial charge on any atom is 0.135 e. The number of benzene rings is 5. The van der Waals surface area contributed by atoms with Gasteiger partial charge in [-0.25, -0.2) is 0 Å². The lowest BCUT2D eigenvalue weighted by atomic mass is 9.71. The fourth-order valence-electron chi connectivity index (χ4n) is 10.7. The van der Waals surface area contributed by atoms with E-state index in [4.69, 9.17) is 14.5 Å². The summed E-state index contributed by atoms with van der Waals surface area (Å²) in [6.07, 6.45) is 22.8. The van der Waals surface area contributed by atoms with Crippen molar-refractivity contribution in [2.45, 2.75) is 116 Å². The van der Waals surface area contributed by atoms with E-state index in [0.717, 1.165) is 53.7 Å². The molecule has 0 aliphatic carbocycles. The second-order valence-electron chi connectivity index (χ2n) is 17.1. The standard InChI is InChI=1S/C51H63N2O2.BrH/c1-4-6-7-8-9-10-11-12-13-14-15-16-32-55-51(45-28-30-52-47-27-25-43(54-3)34-46(45)47)48-33-41-29-31-53(48,35-37(41)5-2)36-42-23-22-40-21-20-38-18-17-19-39-24-26-44(42)50(40)49(38)39;/h5,17-28,30,34,37,41,48,51H,2,4,6-16,29,31-33,35-36H2,1,3H3;1H/q+1;/p-1/t37?,41?,48?,51-,53?;/m1./s1. The molecule has 0 radical (unpaired) electrons. The van der Waals surface area contributed by atoms with E-state index in [9.17, 15) is 0 Å². The van der Waals surface area contributed by atoms with Gasteiger partial charge in [0, 0.05) is 42.5 Å². The lowest BCUT2D eigenvalue weighted by Gasteiger charge is -2.58. The first-order valence-corrected chi connectivity index (χ1v) is 21.8. The van der Waals surface area contributed by atoms with Crippen molar-refractivity contribution in [3.8, 4) is 5.75 Å². The minimum atomic E-state index is -0.0290. The summed E-state index contributed by atoms with van der Waals surface area (Å²) in [6, 6.07) is 29.8. The Morgan fingerprint density at radius 3 is 2.18 bits per heavy atom. The van der Waals surface area contributed by atoms with Crippen molar-refractivity contribution in [2.24, 2.45) is 11.8 Å². The highest BCUT2D eigenvalue weighted by Crippen LogP contribution is 2.50. The van der Waals surface area contributed by atoms with Gasteiger partial charge in [0.25, 0.3) is 0 Å². The molecule has 3 saturated heterocycles. The molecule has 0 amide bonds. The summed E-state index contributed by atoms with van der Waals surface area (Å²) < 4.78 is 14.1. The van der Waals surface area contributed by atoms with E-state index in [2.05, 4.69) is 92.4 Å². The van der Waals surface area contributed by atoms with Crippen molar-refractivity contribution in [3.05, 3.63) is 109 Å². The van der Waals surface area contributed by atoms with Crippen LogP contribution in [0.1, 0.15) is 114 Å². The minimum absolute atomic E-state index is 0. The molecule has 4 nitrogen and oxygen atoms in total. The van der Waals surface area contributed by atoms with Crippen molar-refractivity contribution in [2.75, 3.05) is 26.8 Å². The van der Waals surface area contributed by atoms with Gasteiger partial charge in [-0.1, -0.05) is 138 Å². The molecule has 4 unspecified atom stereocenters. The third kappa shape index (κ3) is 8.38. The topological polar surface area (TPSA) is 31.4 Å². The molecule has 5 atom stereocenters. The first-order chi connectivity index (χ1) is 27.1. The molecular weight excluding hydrogens is 752 g/mol. The van der Waals surface area contributed by atoms with Gasteiger partial charge in [-0.05, 0) is 74.5 Å². The van der Waals surface area contributed by atoms with Gasteiger partial charge in [0.05, 0.1) is 25.7 Å². The minimum Gasteiger partial charge on any atom is -1.00 e. The van der Waals surface area contributed by atoms with Crippen LogP contribution in [0.2, 0.25) is 0 Å². The molecule has 0 N–H and O–H groups in total. The highest BCUT2D eigenvalue weighted by molar-refractivity contribution is 6.23.